The molecule has 10 heteroatoms. The molecule has 0 bridgehead atoms. The number of piperidine rings is 1. The van der Waals surface area contributed by atoms with Crippen LogP contribution in [0.5, 0.6) is 0 Å². The number of amides is 2. The highest BCUT2D eigenvalue weighted by Crippen LogP contribution is 2.28. The second-order valence-electron chi connectivity index (χ2n) is 6.91. The Morgan fingerprint density at radius 3 is 3.10 bits per heavy atom. The number of carbonyl (C=O) groups is 1. The van der Waals surface area contributed by atoms with Crippen molar-refractivity contribution in [3.63, 3.8) is 0 Å². The largest absolute Gasteiger partial charge is 0.363 e. The molecule has 0 aliphatic carbocycles. The summed E-state index contributed by atoms with van der Waals surface area (Å²) in [5.74, 6) is -0.0671. The van der Waals surface area contributed by atoms with Gasteiger partial charge < -0.3 is 20.5 Å². The lowest BCUT2D eigenvalue weighted by Crippen LogP contribution is -2.49. The number of nitrogens with one attached hydrogen (secondary N) is 3. The van der Waals surface area contributed by atoms with E-state index in [0.717, 1.165) is 24.4 Å². The number of aromatic nitrogens is 4. The maximum absolute atomic E-state index is 14.4. The first kappa shape index (κ1) is 19.4. The van der Waals surface area contributed by atoms with Gasteiger partial charge in [0, 0.05) is 49.0 Å². The summed E-state index contributed by atoms with van der Waals surface area (Å²) < 4.78 is 14.4. The second-order valence-corrected chi connectivity index (χ2v) is 7.34. The summed E-state index contributed by atoms with van der Waals surface area (Å²) in [6.07, 6.45) is 6.07. The summed E-state index contributed by atoms with van der Waals surface area (Å²) in [5, 5.41) is 7.19. The van der Waals surface area contributed by atoms with Crippen molar-refractivity contribution in [1.82, 2.24) is 30.2 Å². The van der Waals surface area contributed by atoms with Crippen molar-refractivity contribution < 1.29 is 9.18 Å². The molecule has 4 rings (SSSR count). The first-order valence-electron chi connectivity index (χ1n) is 9.50. The van der Waals surface area contributed by atoms with Gasteiger partial charge in [-0.05, 0) is 25.8 Å². The van der Waals surface area contributed by atoms with Crippen molar-refractivity contribution in [3.8, 4) is 11.4 Å². The third-order valence-electron chi connectivity index (χ3n) is 4.86. The molecule has 0 aromatic carbocycles. The van der Waals surface area contributed by atoms with Crippen LogP contribution >= 0.6 is 11.6 Å². The predicted molar refractivity (Wildman–Crippen MR) is 109 cm³/mol. The van der Waals surface area contributed by atoms with Gasteiger partial charge in [-0.25, -0.2) is 24.1 Å². The zero-order valence-corrected chi connectivity index (χ0v) is 16.6. The molecule has 1 fully saturated rings. The third-order valence-corrected chi connectivity index (χ3v) is 5.07. The highest BCUT2D eigenvalue weighted by atomic mass is 35.5. The molecule has 4 heterocycles. The number of halogens is 2. The van der Waals surface area contributed by atoms with Crippen LogP contribution in [0, 0.1) is 5.82 Å². The van der Waals surface area contributed by atoms with Crippen molar-refractivity contribution in [3.05, 3.63) is 35.5 Å². The van der Waals surface area contributed by atoms with Crippen LogP contribution in [0.4, 0.5) is 15.0 Å². The van der Waals surface area contributed by atoms with Crippen LogP contribution in [0.3, 0.4) is 0 Å². The number of aromatic amines is 1. The number of urea groups is 1. The monoisotopic (exact) mass is 417 g/mol. The Balaban J connectivity index is 1.57. The number of hydrogen-bond acceptors (Lipinski definition) is 5. The fourth-order valence-electron chi connectivity index (χ4n) is 3.50. The molecule has 1 unspecified atom stereocenters. The highest BCUT2D eigenvalue weighted by Gasteiger charge is 2.24. The van der Waals surface area contributed by atoms with E-state index in [1.165, 1.54) is 0 Å². The number of H-pyrrole nitrogens is 1. The SMILES string of the molecule is CCNC(=O)N1CCCC(Nc2nc(-c3c[nH]c4ncc(Cl)cc34)ncc2F)C1. The van der Waals surface area contributed by atoms with Gasteiger partial charge in [-0.3, -0.25) is 0 Å². The number of likely N-dealkylation sites (tertiary alicyclic amines) is 1. The van der Waals surface area contributed by atoms with Gasteiger partial charge >= 0.3 is 6.03 Å². The second kappa shape index (κ2) is 8.20. The molecule has 0 spiro atoms. The van der Waals surface area contributed by atoms with Crippen LogP contribution in [0.2, 0.25) is 5.02 Å². The Labute approximate surface area is 171 Å². The Kier molecular flexibility index (Phi) is 5.48. The van der Waals surface area contributed by atoms with Crippen molar-refractivity contribution in [2.45, 2.75) is 25.8 Å². The molecular weight excluding hydrogens is 397 g/mol. The fraction of sp³-hybridized carbons (Fsp3) is 0.368. The average molecular weight is 418 g/mol. The molecule has 2 amide bonds. The summed E-state index contributed by atoms with van der Waals surface area (Å²) in [6, 6.07) is 1.56. The Morgan fingerprint density at radius 1 is 1.41 bits per heavy atom. The first-order chi connectivity index (χ1) is 14.0. The lowest BCUT2D eigenvalue weighted by Gasteiger charge is -2.33. The van der Waals surface area contributed by atoms with Crippen molar-refractivity contribution >= 4 is 34.5 Å². The molecule has 3 aromatic heterocycles. The normalized spacial score (nSPS) is 16.8. The number of hydrogen-bond donors (Lipinski definition) is 3. The molecule has 29 heavy (non-hydrogen) atoms. The fourth-order valence-corrected chi connectivity index (χ4v) is 3.65. The summed E-state index contributed by atoms with van der Waals surface area (Å²) in [7, 11) is 0. The summed E-state index contributed by atoms with van der Waals surface area (Å²) >= 11 is 6.06. The lowest BCUT2D eigenvalue weighted by atomic mass is 10.1. The van der Waals surface area contributed by atoms with E-state index < -0.39 is 5.82 Å². The van der Waals surface area contributed by atoms with Gasteiger partial charge in [-0.1, -0.05) is 11.6 Å². The average Bonchev–Trinajstić information content (AvgIpc) is 3.13. The van der Waals surface area contributed by atoms with E-state index >= 15 is 0 Å². The van der Waals surface area contributed by atoms with Crippen LogP contribution in [0.1, 0.15) is 19.8 Å². The minimum absolute atomic E-state index is 0.0947. The van der Waals surface area contributed by atoms with E-state index in [0.29, 0.717) is 41.7 Å². The van der Waals surface area contributed by atoms with Crippen LogP contribution in [0.25, 0.3) is 22.4 Å². The molecule has 0 radical (unpaired) electrons. The molecular formula is C19H21ClFN7O. The van der Waals surface area contributed by atoms with Gasteiger partial charge in [-0.2, -0.15) is 0 Å². The number of carbonyl (C=O) groups excluding carboxylic acids is 1. The minimum Gasteiger partial charge on any atom is -0.363 e. The van der Waals surface area contributed by atoms with E-state index in [4.69, 9.17) is 11.6 Å². The first-order valence-corrected chi connectivity index (χ1v) is 9.87. The molecule has 3 aromatic rings. The third kappa shape index (κ3) is 4.09. The smallest absolute Gasteiger partial charge is 0.317 e. The van der Waals surface area contributed by atoms with E-state index in [1.807, 2.05) is 6.92 Å². The van der Waals surface area contributed by atoms with Gasteiger partial charge in [0.05, 0.1) is 11.2 Å². The van der Waals surface area contributed by atoms with E-state index in [-0.39, 0.29) is 17.9 Å². The van der Waals surface area contributed by atoms with Crippen LogP contribution in [-0.4, -0.2) is 56.5 Å². The number of pyridine rings is 1. The molecule has 1 aliphatic heterocycles. The Hall–Kier alpha value is -2.94. The summed E-state index contributed by atoms with van der Waals surface area (Å²) in [4.78, 5) is 29.6. The Morgan fingerprint density at radius 2 is 2.28 bits per heavy atom. The van der Waals surface area contributed by atoms with Crippen LogP contribution in [0.15, 0.2) is 24.7 Å². The molecule has 3 N–H and O–H groups in total. The molecule has 1 saturated heterocycles. The zero-order chi connectivity index (χ0) is 20.4. The van der Waals surface area contributed by atoms with Gasteiger partial charge in [-0.15, -0.1) is 0 Å². The van der Waals surface area contributed by atoms with E-state index in [1.54, 1.807) is 23.4 Å². The number of fused-ring (bicyclic) bond motifs is 1. The zero-order valence-electron chi connectivity index (χ0n) is 15.9. The predicted octanol–water partition coefficient (Wildman–Crippen LogP) is 3.42. The maximum Gasteiger partial charge on any atom is 0.317 e. The highest BCUT2D eigenvalue weighted by molar-refractivity contribution is 6.31. The minimum atomic E-state index is -0.542. The lowest BCUT2D eigenvalue weighted by molar-refractivity contribution is 0.183. The van der Waals surface area contributed by atoms with Crippen molar-refractivity contribution in [1.29, 1.82) is 0 Å². The molecule has 152 valence electrons. The van der Waals surface area contributed by atoms with Gasteiger partial charge in [0.2, 0.25) is 0 Å². The Bertz CT molecular complexity index is 1040. The van der Waals surface area contributed by atoms with Crippen molar-refractivity contribution in [2.24, 2.45) is 0 Å². The van der Waals surface area contributed by atoms with E-state index in [2.05, 4.69) is 30.6 Å². The summed E-state index contributed by atoms with van der Waals surface area (Å²) in [6.45, 7) is 3.62. The van der Waals surface area contributed by atoms with Gasteiger partial charge in [0.15, 0.2) is 17.5 Å². The summed E-state index contributed by atoms with van der Waals surface area (Å²) in [5.41, 5.74) is 1.34. The standard InChI is InChI=1S/C19H21ClFN7O/c1-2-22-19(29)28-5-3-4-12(10-28)26-18-15(21)9-25-17(27-18)14-8-24-16-13(14)6-11(20)7-23-16/h6-9,12H,2-5,10H2,1H3,(H,22,29)(H,23,24)(H,25,26,27). The topological polar surface area (TPSA) is 98.8 Å². The molecule has 1 aliphatic rings. The van der Waals surface area contributed by atoms with E-state index in [9.17, 15) is 9.18 Å². The molecule has 1 atom stereocenters. The van der Waals surface area contributed by atoms with Crippen LogP contribution < -0.4 is 10.6 Å². The molecule has 0 saturated carbocycles. The maximum atomic E-state index is 14.4. The quantitative estimate of drug-likeness (QED) is 0.604. The number of anilines is 1. The molecule has 8 nitrogen and oxygen atoms in total. The van der Waals surface area contributed by atoms with Gasteiger partial charge in [0.25, 0.3) is 0 Å². The van der Waals surface area contributed by atoms with Gasteiger partial charge in [0.1, 0.15) is 5.65 Å². The van der Waals surface area contributed by atoms with Crippen LogP contribution in [-0.2, 0) is 0 Å². The van der Waals surface area contributed by atoms with Crippen molar-refractivity contribution in [2.75, 3.05) is 25.0 Å². The number of nitrogens with zero attached hydrogens (tertiary/aromatic N) is 4. The number of rotatable bonds is 4.